The van der Waals surface area contributed by atoms with E-state index in [1.54, 1.807) is 0 Å². The fourth-order valence-corrected chi connectivity index (χ4v) is 2.26. The van der Waals surface area contributed by atoms with E-state index < -0.39 is 5.97 Å². The van der Waals surface area contributed by atoms with Gasteiger partial charge in [0.25, 0.3) is 0 Å². The fourth-order valence-electron chi connectivity index (χ4n) is 2.26. The van der Waals surface area contributed by atoms with Crippen molar-refractivity contribution in [2.75, 3.05) is 6.54 Å². The molecule has 6 heteroatoms. The minimum Gasteiger partial charge on any atom is -0.480 e. The summed E-state index contributed by atoms with van der Waals surface area (Å²) in [5.74, 6) is -1.21. The number of aromatic amines is 1. The second-order valence-corrected chi connectivity index (χ2v) is 5.07. The minimum atomic E-state index is -1.00. The number of nitrogens with zero attached hydrogens (tertiary/aromatic N) is 2. The van der Waals surface area contributed by atoms with Gasteiger partial charge in [0.2, 0.25) is 5.91 Å². The number of aliphatic carboxylic acids is 1. The van der Waals surface area contributed by atoms with E-state index in [0.717, 1.165) is 10.9 Å². The molecule has 0 aliphatic heterocycles. The zero-order chi connectivity index (χ0) is 15.4. The van der Waals surface area contributed by atoms with Crippen molar-refractivity contribution in [2.45, 2.75) is 32.7 Å². The first-order chi connectivity index (χ1) is 10.0. The third-order valence-corrected chi connectivity index (χ3v) is 3.62. The lowest BCUT2D eigenvalue weighted by molar-refractivity contribution is -0.145. The predicted molar refractivity (Wildman–Crippen MR) is 78.9 cm³/mol. The van der Waals surface area contributed by atoms with E-state index in [-0.39, 0.29) is 24.9 Å². The summed E-state index contributed by atoms with van der Waals surface area (Å²) in [6.45, 7) is 3.50. The van der Waals surface area contributed by atoms with Crippen LogP contribution < -0.4 is 0 Å². The summed E-state index contributed by atoms with van der Waals surface area (Å²) in [5.41, 5.74) is 1.52. The van der Waals surface area contributed by atoms with Crippen molar-refractivity contribution in [1.82, 2.24) is 15.1 Å². The van der Waals surface area contributed by atoms with Gasteiger partial charge in [-0.15, -0.1) is 0 Å². The third-order valence-electron chi connectivity index (χ3n) is 3.62. The SMILES string of the molecule is CCC(C)N(CC(=O)O)C(=O)Cc1[nH]nc2ccccc12. The number of amides is 1. The molecule has 0 spiro atoms. The molecule has 0 bridgehead atoms. The zero-order valence-corrected chi connectivity index (χ0v) is 12.2. The molecule has 2 aromatic rings. The number of aromatic nitrogens is 2. The minimum absolute atomic E-state index is 0.109. The van der Waals surface area contributed by atoms with Gasteiger partial charge in [0.1, 0.15) is 6.54 Å². The highest BCUT2D eigenvalue weighted by molar-refractivity contribution is 5.88. The standard InChI is InChI=1S/C15H19N3O3/c1-3-10(2)18(9-15(20)21)14(19)8-13-11-6-4-5-7-12(11)16-17-13/h4-7,10H,3,8-9H2,1-2H3,(H,16,17)(H,20,21). The number of fused-ring (bicyclic) bond motifs is 1. The first kappa shape index (κ1) is 15.0. The normalized spacial score (nSPS) is 12.3. The van der Waals surface area contributed by atoms with E-state index in [1.807, 2.05) is 38.1 Å². The second kappa shape index (κ2) is 6.39. The van der Waals surface area contributed by atoms with Crippen LogP contribution in [-0.2, 0) is 16.0 Å². The summed E-state index contributed by atoms with van der Waals surface area (Å²) in [7, 11) is 0. The van der Waals surface area contributed by atoms with Crippen LogP contribution in [0.4, 0.5) is 0 Å². The van der Waals surface area contributed by atoms with Crippen LogP contribution in [0.1, 0.15) is 26.0 Å². The summed E-state index contributed by atoms with van der Waals surface area (Å²) in [4.78, 5) is 24.7. The van der Waals surface area contributed by atoms with Crippen LogP contribution in [0.15, 0.2) is 24.3 Å². The van der Waals surface area contributed by atoms with Crippen molar-refractivity contribution in [1.29, 1.82) is 0 Å². The van der Waals surface area contributed by atoms with E-state index >= 15 is 0 Å². The molecule has 0 radical (unpaired) electrons. The molecule has 2 rings (SSSR count). The van der Waals surface area contributed by atoms with E-state index in [1.165, 1.54) is 4.90 Å². The number of carbonyl (C=O) groups excluding carboxylic acids is 1. The molecule has 1 amide bonds. The zero-order valence-electron chi connectivity index (χ0n) is 12.2. The number of para-hydroxylation sites is 1. The van der Waals surface area contributed by atoms with Crippen molar-refractivity contribution < 1.29 is 14.7 Å². The highest BCUT2D eigenvalue weighted by atomic mass is 16.4. The molecule has 1 aromatic heterocycles. The van der Waals surface area contributed by atoms with Crippen LogP contribution in [0.2, 0.25) is 0 Å². The Bertz CT molecular complexity index is 650. The van der Waals surface area contributed by atoms with E-state index in [4.69, 9.17) is 5.11 Å². The van der Waals surface area contributed by atoms with Crippen LogP contribution in [0, 0.1) is 0 Å². The molecule has 1 aromatic carbocycles. The predicted octanol–water partition coefficient (Wildman–Crippen LogP) is 1.82. The fraction of sp³-hybridized carbons (Fsp3) is 0.400. The number of nitrogens with one attached hydrogen (secondary N) is 1. The van der Waals surface area contributed by atoms with Gasteiger partial charge in [0.15, 0.2) is 0 Å². The maximum Gasteiger partial charge on any atom is 0.323 e. The molecule has 0 fully saturated rings. The smallest absolute Gasteiger partial charge is 0.323 e. The van der Waals surface area contributed by atoms with Gasteiger partial charge in [-0.1, -0.05) is 25.1 Å². The van der Waals surface area contributed by atoms with Crippen molar-refractivity contribution in [2.24, 2.45) is 0 Å². The number of hydrogen-bond acceptors (Lipinski definition) is 3. The lowest BCUT2D eigenvalue weighted by Crippen LogP contribution is -2.42. The Morgan fingerprint density at radius 1 is 1.38 bits per heavy atom. The van der Waals surface area contributed by atoms with Crippen molar-refractivity contribution in [3.63, 3.8) is 0 Å². The Morgan fingerprint density at radius 3 is 2.76 bits per heavy atom. The monoisotopic (exact) mass is 289 g/mol. The lowest BCUT2D eigenvalue weighted by atomic mass is 10.1. The lowest BCUT2D eigenvalue weighted by Gasteiger charge is -2.26. The Morgan fingerprint density at radius 2 is 2.10 bits per heavy atom. The van der Waals surface area contributed by atoms with Crippen molar-refractivity contribution in [3.8, 4) is 0 Å². The Labute approximate surface area is 122 Å². The average molecular weight is 289 g/mol. The molecule has 21 heavy (non-hydrogen) atoms. The van der Waals surface area contributed by atoms with Gasteiger partial charge in [0, 0.05) is 11.4 Å². The van der Waals surface area contributed by atoms with Gasteiger partial charge in [-0.2, -0.15) is 5.10 Å². The van der Waals surface area contributed by atoms with Gasteiger partial charge in [-0.3, -0.25) is 14.7 Å². The highest BCUT2D eigenvalue weighted by Crippen LogP contribution is 2.17. The molecule has 112 valence electrons. The van der Waals surface area contributed by atoms with Crippen LogP contribution in [0.5, 0.6) is 0 Å². The number of benzene rings is 1. The third kappa shape index (κ3) is 3.39. The molecule has 1 unspecified atom stereocenters. The maximum atomic E-state index is 12.4. The molecule has 1 atom stereocenters. The first-order valence-corrected chi connectivity index (χ1v) is 6.96. The summed E-state index contributed by atoms with van der Waals surface area (Å²) in [5, 5.41) is 16.9. The molecule has 0 saturated carbocycles. The number of carboxylic acid groups (broad SMARTS) is 1. The topological polar surface area (TPSA) is 86.3 Å². The Balaban J connectivity index is 2.19. The van der Waals surface area contributed by atoms with Crippen LogP contribution in [-0.4, -0.2) is 44.7 Å². The first-order valence-electron chi connectivity index (χ1n) is 6.96. The number of rotatable bonds is 6. The summed E-state index contributed by atoms with van der Waals surface area (Å²) < 4.78 is 0. The van der Waals surface area contributed by atoms with Crippen LogP contribution in [0.3, 0.4) is 0 Å². The van der Waals surface area contributed by atoms with Gasteiger partial charge < -0.3 is 10.0 Å². The largest absolute Gasteiger partial charge is 0.480 e. The maximum absolute atomic E-state index is 12.4. The molecule has 0 aliphatic carbocycles. The molecule has 6 nitrogen and oxygen atoms in total. The average Bonchev–Trinajstić information content (AvgIpc) is 2.87. The van der Waals surface area contributed by atoms with Crippen molar-refractivity contribution >= 4 is 22.8 Å². The highest BCUT2D eigenvalue weighted by Gasteiger charge is 2.22. The number of carboxylic acids is 1. The van der Waals surface area contributed by atoms with Gasteiger partial charge in [0.05, 0.1) is 17.6 Å². The summed E-state index contributed by atoms with van der Waals surface area (Å²) in [6, 6.07) is 7.42. The number of carbonyl (C=O) groups is 2. The van der Waals surface area contributed by atoms with Gasteiger partial charge in [-0.25, -0.2) is 0 Å². The molecular weight excluding hydrogens is 270 g/mol. The molecule has 1 heterocycles. The Kier molecular flexibility index (Phi) is 4.57. The van der Waals surface area contributed by atoms with Crippen LogP contribution >= 0.6 is 0 Å². The van der Waals surface area contributed by atoms with E-state index in [0.29, 0.717) is 12.1 Å². The van der Waals surface area contributed by atoms with Gasteiger partial charge in [-0.05, 0) is 19.4 Å². The van der Waals surface area contributed by atoms with E-state index in [9.17, 15) is 9.59 Å². The quantitative estimate of drug-likeness (QED) is 0.849. The second-order valence-electron chi connectivity index (χ2n) is 5.07. The molecule has 0 aliphatic rings. The Hall–Kier alpha value is -2.37. The van der Waals surface area contributed by atoms with Crippen LogP contribution in [0.25, 0.3) is 10.9 Å². The molecular formula is C15H19N3O3. The van der Waals surface area contributed by atoms with E-state index in [2.05, 4.69) is 10.2 Å². The number of hydrogen-bond donors (Lipinski definition) is 2. The molecule has 0 saturated heterocycles. The molecule has 2 N–H and O–H groups in total. The number of H-pyrrole nitrogens is 1. The summed E-state index contributed by atoms with van der Waals surface area (Å²) in [6.07, 6.45) is 0.834. The van der Waals surface area contributed by atoms with Crippen molar-refractivity contribution in [3.05, 3.63) is 30.0 Å². The van der Waals surface area contributed by atoms with Gasteiger partial charge >= 0.3 is 5.97 Å². The summed E-state index contributed by atoms with van der Waals surface area (Å²) >= 11 is 0.